The fourth-order valence-electron chi connectivity index (χ4n) is 2.97. The molecular formula is C14H29N3O2. The predicted molar refractivity (Wildman–Crippen MR) is 77.0 cm³/mol. The molecule has 2 unspecified atom stereocenters. The van der Waals surface area contributed by atoms with Crippen LogP contribution in [-0.2, 0) is 9.53 Å². The molecule has 0 saturated heterocycles. The number of hydrogen-bond donors (Lipinski definition) is 2. The van der Waals surface area contributed by atoms with Gasteiger partial charge in [-0.15, -0.1) is 0 Å². The first-order valence-electron chi connectivity index (χ1n) is 7.38. The molecule has 0 aliphatic heterocycles. The van der Waals surface area contributed by atoms with E-state index in [-0.39, 0.29) is 5.91 Å². The van der Waals surface area contributed by atoms with E-state index in [9.17, 15) is 4.79 Å². The number of carbonyl (C=O) groups is 1. The van der Waals surface area contributed by atoms with Crippen molar-refractivity contribution in [1.82, 2.24) is 10.2 Å². The molecule has 1 amide bonds. The lowest BCUT2D eigenvalue weighted by molar-refractivity contribution is -0.126. The van der Waals surface area contributed by atoms with E-state index in [4.69, 9.17) is 10.5 Å². The maximum atomic E-state index is 11.8. The van der Waals surface area contributed by atoms with Gasteiger partial charge >= 0.3 is 0 Å². The lowest BCUT2D eigenvalue weighted by atomic mass is 9.78. The number of nitrogens with two attached hydrogens (primary N) is 1. The molecule has 112 valence electrons. The Balaban J connectivity index is 2.58. The van der Waals surface area contributed by atoms with Crippen molar-refractivity contribution >= 4 is 5.91 Å². The first kappa shape index (κ1) is 16.4. The highest BCUT2D eigenvalue weighted by Crippen LogP contribution is 2.30. The lowest BCUT2D eigenvalue weighted by Crippen LogP contribution is -2.60. The van der Waals surface area contributed by atoms with Gasteiger partial charge in [0.1, 0.15) is 0 Å². The fourth-order valence-corrected chi connectivity index (χ4v) is 2.97. The van der Waals surface area contributed by atoms with Crippen molar-refractivity contribution < 1.29 is 9.53 Å². The van der Waals surface area contributed by atoms with E-state index in [1.165, 1.54) is 0 Å². The summed E-state index contributed by atoms with van der Waals surface area (Å²) in [7, 11) is 2.10. The van der Waals surface area contributed by atoms with E-state index < -0.39 is 5.54 Å². The molecule has 5 nitrogen and oxygen atoms in total. The Morgan fingerprint density at radius 2 is 2.26 bits per heavy atom. The van der Waals surface area contributed by atoms with Crippen molar-refractivity contribution in [2.75, 3.05) is 33.4 Å². The van der Waals surface area contributed by atoms with Crippen molar-refractivity contribution in [3.63, 3.8) is 0 Å². The number of ether oxygens (including phenoxy) is 1. The second kappa shape index (κ2) is 7.82. The third-order valence-corrected chi connectivity index (χ3v) is 4.13. The number of rotatable bonds is 8. The van der Waals surface area contributed by atoms with Crippen LogP contribution in [0, 0.1) is 0 Å². The van der Waals surface area contributed by atoms with Gasteiger partial charge in [0, 0.05) is 19.2 Å². The van der Waals surface area contributed by atoms with Crippen LogP contribution < -0.4 is 11.1 Å². The average Bonchev–Trinajstić information content (AvgIpc) is 2.39. The molecule has 2 atom stereocenters. The van der Waals surface area contributed by atoms with Crippen LogP contribution in [0.1, 0.15) is 39.5 Å². The van der Waals surface area contributed by atoms with Crippen molar-refractivity contribution in [3.05, 3.63) is 0 Å². The molecule has 0 aromatic rings. The zero-order valence-corrected chi connectivity index (χ0v) is 12.6. The molecule has 1 aliphatic carbocycles. The molecule has 0 heterocycles. The summed E-state index contributed by atoms with van der Waals surface area (Å²) >= 11 is 0. The van der Waals surface area contributed by atoms with Crippen LogP contribution in [0.25, 0.3) is 0 Å². The van der Waals surface area contributed by atoms with Crippen LogP contribution in [0.4, 0.5) is 0 Å². The normalized spacial score (nSPS) is 27.7. The van der Waals surface area contributed by atoms with Gasteiger partial charge in [-0.1, -0.05) is 6.92 Å². The summed E-state index contributed by atoms with van der Waals surface area (Å²) in [5, 5.41) is 3.32. The average molecular weight is 271 g/mol. The number of primary amides is 1. The highest BCUT2D eigenvalue weighted by atomic mass is 16.5. The van der Waals surface area contributed by atoms with Crippen molar-refractivity contribution in [3.8, 4) is 0 Å². The summed E-state index contributed by atoms with van der Waals surface area (Å²) in [6.45, 7) is 7.20. The minimum Gasteiger partial charge on any atom is -0.380 e. The van der Waals surface area contributed by atoms with Gasteiger partial charge in [0.2, 0.25) is 5.91 Å². The van der Waals surface area contributed by atoms with Gasteiger partial charge in [-0.2, -0.15) is 0 Å². The fraction of sp³-hybridized carbons (Fsp3) is 0.929. The molecule has 3 N–H and O–H groups in total. The quantitative estimate of drug-likeness (QED) is 0.639. The SMILES string of the molecule is CCNC1(C(N)=O)CCCC(N(C)CCOCC)C1. The third-order valence-electron chi connectivity index (χ3n) is 4.13. The Morgan fingerprint density at radius 1 is 1.53 bits per heavy atom. The van der Waals surface area contributed by atoms with Crippen LogP contribution in [0.3, 0.4) is 0 Å². The number of nitrogens with one attached hydrogen (secondary N) is 1. The van der Waals surface area contributed by atoms with Crippen molar-refractivity contribution in [1.29, 1.82) is 0 Å². The Morgan fingerprint density at radius 3 is 2.84 bits per heavy atom. The highest BCUT2D eigenvalue weighted by molar-refractivity contribution is 5.84. The first-order chi connectivity index (χ1) is 9.05. The van der Waals surface area contributed by atoms with Gasteiger partial charge in [0.15, 0.2) is 0 Å². The monoisotopic (exact) mass is 271 g/mol. The van der Waals surface area contributed by atoms with E-state index in [2.05, 4.69) is 17.3 Å². The summed E-state index contributed by atoms with van der Waals surface area (Å²) < 4.78 is 5.39. The highest BCUT2D eigenvalue weighted by Gasteiger charge is 2.41. The standard InChI is InChI=1S/C14H29N3O2/c1-4-16-14(13(15)18)8-6-7-12(11-14)17(3)9-10-19-5-2/h12,16H,4-11H2,1-3H3,(H2,15,18). The van der Waals surface area contributed by atoms with Crippen LogP contribution in [0.2, 0.25) is 0 Å². The van der Waals surface area contributed by atoms with Gasteiger partial charge in [-0.05, 0) is 46.2 Å². The van der Waals surface area contributed by atoms with Crippen molar-refractivity contribution in [2.45, 2.75) is 51.1 Å². The van der Waals surface area contributed by atoms with Gasteiger partial charge in [0.25, 0.3) is 0 Å². The minimum absolute atomic E-state index is 0.211. The minimum atomic E-state index is -0.516. The summed E-state index contributed by atoms with van der Waals surface area (Å²) in [4.78, 5) is 14.1. The number of likely N-dealkylation sites (N-methyl/N-ethyl adjacent to an activating group) is 2. The molecule has 1 aliphatic rings. The second-order valence-corrected chi connectivity index (χ2v) is 5.40. The van der Waals surface area contributed by atoms with Crippen LogP contribution in [-0.4, -0.2) is 55.7 Å². The Hall–Kier alpha value is -0.650. The van der Waals surface area contributed by atoms with Gasteiger partial charge < -0.3 is 20.7 Å². The second-order valence-electron chi connectivity index (χ2n) is 5.40. The zero-order valence-electron chi connectivity index (χ0n) is 12.6. The smallest absolute Gasteiger partial charge is 0.237 e. The molecule has 0 bridgehead atoms. The van der Waals surface area contributed by atoms with Gasteiger partial charge in [0.05, 0.1) is 12.1 Å². The largest absolute Gasteiger partial charge is 0.380 e. The summed E-state index contributed by atoms with van der Waals surface area (Å²) in [5.74, 6) is -0.211. The van der Waals surface area contributed by atoms with Crippen LogP contribution >= 0.6 is 0 Å². The van der Waals surface area contributed by atoms with E-state index in [1.807, 2.05) is 13.8 Å². The maximum absolute atomic E-state index is 11.8. The molecule has 5 heteroatoms. The van der Waals surface area contributed by atoms with Crippen LogP contribution in [0.15, 0.2) is 0 Å². The van der Waals surface area contributed by atoms with Gasteiger partial charge in [-0.3, -0.25) is 4.79 Å². The molecule has 0 spiro atoms. The summed E-state index contributed by atoms with van der Waals surface area (Å²) in [6, 6.07) is 0.403. The van der Waals surface area contributed by atoms with E-state index in [1.54, 1.807) is 0 Å². The van der Waals surface area contributed by atoms with Crippen molar-refractivity contribution in [2.24, 2.45) is 5.73 Å². The van der Waals surface area contributed by atoms with E-state index >= 15 is 0 Å². The lowest BCUT2D eigenvalue weighted by Gasteiger charge is -2.42. The summed E-state index contributed by atoms with van der Waals surface area (Å²) in [6.07, 6.45) is 3.83. The van der Waals surface area contributed by atoms with Crippen LogP contribution in [0.5, 0.6) is 0 Å². The third kappa shape index (κ3) is 4.44. The predicted octanol–water partition coefficient (Wildman–Crippen LogP) is 0.731. The molecule has 19 heavy (non-hydrogen) atoms. The zero-order chi connectivity index (χ0) is 14.3. The molecule has 0 radical (unpaired) electrons. The number of hydrogen-bond acceptors (Lipinski definition) is 4. The maximum Gasteiger partial charge on any atom is 0.237 e. The molecule has 0 aromatic carbocycles. The summed E-state index contributed by atoms with van der Waals surface area (Å²) in [5.41, 5.74) is 5.11. The molecule has 1 fully saturated rings. The number of carbonyl (C=O) groups excluding carboxylic acids is 1. The Bertz CT molecular complexity index is 282. The first-order valence-corrected chi connectivity index (χ1v) is 7.38. The molecule has 1 saturated carbocycles. The van der Waals surface area contributed by atoms with E-state index in [0.29, 0.717) is 6.04 Å². The topological polar surface area (TPSA) is 67.6 Å². The van der Waals surface area contributed by atoms with Gasteiger partial charge in [-0.25, -0.2) is 0 Å². The molecule has 0 aromatic heterocycles. The van der Waals surface area contributed by atoms with E-state index in [0.717, 1.165) is 52.0 Å². The Kier molecular flexibility index (Phi) is 6.75. The molecule has 1 rings (SSSR count). The molecular weight excluding hydrogens is 242 g/mol. The number of amides is 1. The number of nitrogens with zero attached hydrogens (tertiary/aromatic N) is 1. The Labute approximate surface area is 116 Å².